The number of alkyl halides is 3. The van der Waals surface area contributed by atoms with Gasteiger partial charge in [-0.3, -0.25) is 9.78 Å². The summed E-state index contributed by atoms with van der Waals surface area (Å²) in [4.78, 5) is 28.8. The normalized spacial score (nSPS) is 15.3. The van der Waals surface area contributed by atoms with Crippen molar-refractivity contribution >= 4 is 22.9 Å². The molecule has 1 unspecified atom stereocenters. The molecule has 1 saturated heterocycles. The fourth-order valence-corrected chi connectivity index (χ4v) is 5.80. The first-order chi connectivity index (χ1) is 21.3. The smallest absolute Gasteiger partial charge is 0.370 e. The van der Waals surface area contributed by atoms with Crippen LogP contribution in [0.15, 0.2) is 79.1 Å². The van der Waals surface area contributed by atoms with Gasteiger partial charge in [0, 0.05) is 63.6 Å². The Bertz CT molecular complexity index is 1480. The molecular weight excluding hydrogens is 569 g/mol. The zero-order chi connectivity index (χ0) is 30.9. The van der Waals surface area contributed by atoms with Crippen molar-refractivity contribution in [2.24, 2.45) is 0 Å². The van der Waals surface area contributed by atoms with E-state index in [1.165, 1.54) is 0 Å². The maximum atomic E-state index is 13.1. The number of hydrogen-bond acceptors (Lipinski definition) is 6. The number of aromatic nitrogens is 3. The molecule has 1 amide bonds. The van der Waals surface area contributed by atoms with E-state index in [1.54, 1.807) is 11.1 Å². The van der Waals surface area contributed by atoms with E-state index < -0.39 is 12.8 Å². The molecule has 4 aromatic rings. The first-order valence-corrected chi connectivity index (χ1v) is 15.1. The van der Waals surface area contributed by atoms with E-state index in [9.17, 15) is 18.0 Å². The molecule has 2 aromatic carbocycles. The number of carbonyl (C=O) groups is 1. The van der Waals surface area contributed by atoms with Crippen LogP contribution in [-0.2, 0) is 11.3 Å². The Balaban J connectivity index is 1.23. The van der Waals surface area contributed by atoms with Gasteiger partial charge < -0.3 is 24.0 Å². The lowest BCUT2D eigenvalue weighted by Crippen LogP contribution is -2.35. The lowest BCUT2D eigenvalue weighted by atomic mass is 9.96. The number of halogens is 3. The zero-order valence-corrected chi connectivity index (χ0v) is 25.0. The Hall–Kier alpha value is -3.96. The monoisotopic (exact) mass is 608 g/mol. The summed E-state index contributed by atoms with van der Waals surface area (Å²) in [5.41, 5.74) is 3.48. The molecule has 1 aliphatic heterocycles. The van der Waals surface area contributed by atoms with E-state index in [2.05, 4.69) is 20.9 Å². The highest BCUT2D eigenvalue weighted by atomic mass is 19.4. The van der Waals surface area contributed by atoms with Gasteiger partial charge in [-0.05, 0) is 61.8 Å². The van der Waals surface area contributed by atoms with Crippen molar-refractivity contribution in [1.82, 2.24) is 24.3 Å². The maximum Gasteiger partial charge on any atom is 0.411 e. The van der Waals surface area contributed by atoms with Crippen LogP contribution >= 0.6 is 0 Å². The van der Waals surface area contributed by atoms with Gasteiger partial charge in [-0.2, -0.15) is 13.2 Å². The van der Waals surface area contributed by atoms with Gasteiger partial charge in [-0.25, -0.2) is 4.98 Å². The fraction of sp³-hybridized carbons (Fsp3) is 0.424. The second-order valence-electron chi connectivity index (χ2n) is 11.2. The summed E-state index contributed by atoms with van der Waals surface area (Å²) in [6.07, 6.45) is 1.10. The Labute approximate surface area is 256 Å². The molecule has 11 heteroatoms. The average molecular weight is 609 g/mol. The van der Waals surface area contributed by atoms with Gasteiger partial charge in [-0.15, -0.1) is 0 Å². The van der Waals surface area contributed by atoms with E-state index in [0.717, 1.165) is 68.1 Å². The highest BCUT2D eigenvalue weighted by Crippen LogP contribution is 2.25. The molecule has 0 saturated carbocycles. The van der Waals surface area contributed by atoms with E-state index in [0.29, 0.717) is 12.1 Å². The third-order valence-electron chi connectivity index (χ3n) is 8.04. The molecule has 1 atom stereocenters. The van der Waals surface area contributed by atoms with Gasteiger partial charge in [0.1, 0.15) is 6.61 Å². The zero-order valence-electron chi connectivity index (χ0n) is 25.0. The Morgan fingerprint density at radius 1 is 0.977 bits per heavy atom. The van der Waals surface area contributed by atoms with Gasteiger partial charge in [0.25, 0.3) is 5.91 Å². The molecule has 0 N–H and O–H groups in total. The number of amides is 1. The summed E-state index contributed by atoms with van der Waals surface area (Å²) < 4.78 is 44.8. The van der Waals surface area contributed by atoms with E-state index in [4.69, 9.17) is 9.72 Å². The quantitative estimate of drug-likeness (QED) is 0.199. The topological polar surface area (TPSA) is 66.7 Å². The van der Waals surface area contributed by atoms with Gasteiger partial charge in [0.15, 0.2) is 0 Å². The first kappa shape index (κ1) is 31.5. The first-order valence-electron chi connectivity index (χ1n) is 15.1. The maximum absolute atomic E-state index is 13.1. The number of ether oxygens (including phenoxy) is 1. The molecular formula is C33H39F3N6O2. The Kier molecular flexibility index (Phi) is 10.5. The number of hydrogen-bond donors (Lipinski definition) is 0. The van der Waals surface area contributed by atoms with Crippen molar-refractivity contribution in [2.75, 3.05) is 64.4 Å². The molecule has 3 heterocycles. The van der Waals surface area contributed by atoms with Crippen molar-refractivity contribution in [1.29, 1.82) is 0 Å². The van der Waals surface area contributed by atoms with Crippen LogP contribution in [-0.4, -0.2) is 95.9 Å². The summed E-state index contributed by atoms with van der Waals surface area (Å²) in [6.45, 7) is 3.71. The third-order valence-corrected chi connectivity index (χ3v) is 8.04. The average Bonchev–Trinajstić information content (AvgIpc) is 3.23. The summed E-state index contributed by atoms with van der Waals surface area (Å²) in [5.74, 6) is 0.885. The number of fused-ring (bicyclic) bond motifs is 1. The minimum atomic E-state index is -4.35. The number of likely N-dealkylation sites (N-methyl/N-ethyl adjacent to an activating group) is 1. The number of imidazole rings is 1. The molecule has 0 aliphatic carbocycles. The molecule has 0 spiro atoms. The van der Waals surface area contributed by atoms with Gasteiger partial charge in [0.05, 0.1) is 17.6 Å². The minimum Gasteiger partial charge on any atom is -0.370 e. The highest BCUT2D eigenvalue weighted by Gasteiger charge is 2.28. The van der Waals surface area contributed by atoms with Crippen LogP contribution in [0.2, 0.25) is 0 Å². The van der Waals surface area contributed by atoms with Crippen LogP contribution in [0.5, 0.6) is 0 Å². The SMILES string of the molecule is CN(CC(CCN1CCCN(c2nc3ccccc3n2CCOCC(F)(F)F)CC1)c1cccnc1)C(=O)c1ccccc1. The number of pyridine rings is 1. The van der Waals surface area contributed by atoms with Crippen LogP contribution in [0, 0.1) is 0 Å². The second kappa shape index (κ2) is 14.7. The van der Waals surface area contributed by atoms with Gasteiger partial charge in [-0.1, -0.05) is 36.4 Å². The molecule has 1 fully saturated rings. The second-order valence-corrected chi connectivity index (χ2v) is 11.2. The largest absolute Gasteiger partial charge is 0.411 e. The van der Waals surface area contributed by atoms with Crippen LogP contribution in [0.3, 0.4) is 0 Å². The van der Waals surface area contributed by atoms with E-state index >= 15 is 0 Å². The third kappa shape index (κ3) is 8.35. The molecule has 234 valence electrons. The minimum absolute atomic E-state index is 0.00315. The molecule has 0 radical (unpaired) electrons. The van der Waals surface area contributed by atoms with Crippen molar-refractivity contribution in [2.45, 2.75) is 31.5 Å². The summed E-state index contributed by atoms with van der Waals surface area (Å²) in [6, 6.07) is 21.0. The fourth-order valence-electron chi connectivity index (χ4n) is 5.80. The van der Waals surface area contributed by atoms with Crippen molar-refractivity contribution < 1.29 is 22.7 Å². The lowest BCUT2D eigenvalue weighted by molar-refractivity contribution is -0.174. The molecule has 0 bridgehead atoms. The van der Waals surface area contributed by atoms with Crippen molar-refractivity contribution in [3.63, 3.8) is 0 Å². The number of rotatable bonds is 12. The Morgan fingerprint density at radius 2 is 1.77 bits per heavy atom. The van der Waals surface area contributed by atoms with Crippen molar-refractivity contribution in [3.8, 4) is 0 Å². The molecule has 1 aliphatic rings. The van der Waals surface area contributed by atoms with E-state index in [-0.39, 0.29) is 25.0 Å². The number of anilines is 1. The van der Waals surface area contributed by atoms with Crippen LogP contribution in [0.25, 0.3) is 11.0 Å². The predicted octanol–water partition coefficient (Wildman–Crippen LogP) is 5.47. The van der Waals surface area contributed by atoms with Gasteiger partial charge in [0.2, 0.25) is 5.95 Å². The number of para-hydroxylation sites is 2. The molecule has 8 nitrogen and oxygen atoms in total. The van der Waals surface area contributed by atoms with Crippen LogP contribution in [0.4, 0.5) is 19.1 Å². The van der Waals surface area contributed by atoms with Crippen LogP contribution < -0.4 is 4.90 Å². The van der Waals surface area contributed by atoms with E-state index in [1.807, 2.05) is 78.5 Å². The summed E-state index contributed by atoms with van der Waals surface area (Å²) >= 11 is 0. The molecule has 44 heavy (non-hydrogen) atoms. The van der Waals surface area contributed by atoms with Gasteiger partial charge >= 0.3 is 6.18 Å². The lowest BCUT2D eigenvalue weighted by Gasteiger charge is -2.28. The number of carbonyl (C=O) groups excluding carboxylic acids is 1. The summed E-state index contributed by atoms with van der Waals surface area (Å²) in [5, 5.41) is 0. The van der Waals surface area contributed by atoms with Crippen molar-refractivity contribution in [3.05, 3.63) is 90.3 Å². The predicted molar refractivity (Wildman–Crippen MR) is 165 cm³/mol. The number of nitrogens with zero attached hydrogens (tertiary/aromatic N) is 6. The number of benzene rings is 2. The van der Waals surface area contributed by atoms with Crippen LogP contribution in [0.1, 0.15) is 34.7 Å². The standard InChI is InChI=1S/C33H39F3N6O2/c1-39(31(43)26-9-3-2-4-10-26)24-28(27-11-7-15-37-23-27)14-18-40-16-8-17-41(20-19-40)32-38-29-12-5-6-13-30(29)42(32)21-22-44-25-33(34,35)36/h2-7,9-13,15,23,28H,8,14,16-22,24-25H2,1H3. The molecule has 5 rings (SSSR count). The Morgan fingerprint density at radius 3 is 2.55 bits per heavy atom. The molecule has 2 aromatic heterocycles. The highest BCUT2D eigenvalue weighted by molar-refractivity contribution is 5.94. The summed E-state index contributed by atoms with van der Waals surface area (Å²) in [7, 11) is 1.85.